The van der Waals surface area contributed by atoms with E-state index in [4.69, 9.17) is 11.5 Å². The predicted molar refractivity (Wildman–Crippen MR) is 68.4 cm³/mol. The van der Waals surface area contributed by atoms with Crippen LogP contribution in [0.5, 0.6) is 0 Å². The normalized spacial score (nSPS) is 32.5. The second-order valence-electron chi connectivity index (χ2n) is 5.66. The first kappa shape index (κ1) is 13.3. The molecule has 1 aliphatic carbocycles. The summed E-state index contributed by atoms with van der Waals surface area (Å²) < 4.78 is 0. The van der Waals surface area contributed by atoms with E-state index in [2.05, 4.69) is 0 Å². The largest absolute Gasteiger partial charge is 0.370 e. The van der Waals surface area contributed by atoms with E-state index in [0.29, 0.717) is 13.0 Å². The SMILES string of the molecule is NC(=O)CC1CCCN(C(=O)C2CCCC2N)C1. The molecule has 5 nitrogen and oxygen atoms in total. The van der Waals surface area contributed by atoms with E-state index < -0.39 is 0 Å². The molecule has 2 rings (SSSR count). The van der Waals surface area contributed by atoms with Crippen LogP contribution in [-0.4, -0.2) is 35.8 Å². The molecule has 0 aromatic heterocycles. The Labute approximate surface area is 108 Å². The molecule has 0 aromatic rings. The topological polar surface area (TPSA) is 89.4 Å². The third kappa shape index (κ3) is 3.02. The first-order chi connectivity index (χ1) is 8.58. The molecule has 1 heterocycles. The van der Waals surface area contributed by atoms with Gasteiger partial charge in [0.05, 0.1) is 5.92 Å². The zero-order chi connectivity index (χ0) is 13.1. The number of hydrogen-bond acceptors (Lipinski definition) is 3. The van der Waals surface area contributed by atoms with Gasteiger partial charge in [0.25, 0.3) is 0 Å². The monoisotopic (exact) mass is 253 g/mol. The van der Waals surface area contributed by atoms with E-state index in [-0.39, 0.29) is 29.7 Å². The van der Waals surface area contributed by atoms with Gasteiger partial charge in [-0.15, -0.1) is 0 Å². The van der Waals surface area contributed by atoms with Crippen molar-refractivity contribution in [3.63, 3.8) is 0 Å². The van der Waals surface area contributed by atoms with Gasteiger partial charge in [0, 0.05) is 25.6 Å². The minimum atomic E-state index is -0.271. The number of hydrogen-bond donors (Lipinski definition) is 2. The van der Waals surface area contributed by atoms with E-state index in [1.54, 1.807) is 0 Å². The molecular weight excluding hydrogens is 230 g/mol. The maximum absolute atomic E-state index is 12.4. The minimum Gasteiger partial charge on any atom is -0.370 e. The number of piperidine rings is 1. The Morgan fingerprint density at radius 1 is 1.17 bits per heavy atom. The zero-order valence-electron chi connectivity index (χ0n) is 10.8. The second kappa shape index (κ2) is 5.69. The Balaban J connectivity index is 1.91. The van der Waals surface area contributed by atoms with Crippen LogP contribution >= 0.6 is 0 Å². The summed E-state index contributed by atoms with van der Waals surface area (Å²) in [5, 5.41) is 0. The Bertz CT molecular complexity index is 332. The number of carbonyl (C=O) groups excluding carboxylic acids is 2. The fourth-order valence-electron chi connectivity index (χ4n) is 3.25. The van der Waals surface area contributed by atoms with E-state index in [1.807, 2.05) is 4.90 Å². The molecule has 2 amide bonds. The van der Waals surface area contributed by atoms with Gasteiger partial charge in [-0.05, 0) is 31.6 Å². The Kier molecular flexibility index (Phi) is 4.22. The summed E-state index contributed by atoms with van der Waals surface area (Å²) in [5.41, 5.74) is 11.2. The molecule has 1 saturated carbocycles. The van der Waals surface area contributed by atoms with Gasteiger partial charge in [0.2, 0.25) is 11.8 Å². The highest BCUT2D eigenvalue weighted by Crippen LogP contribution is 2.28. The van der Waals surface area contributed by atoms with Crippen LogP contribution in [0.3, 0.4) is 0 Å². The highest BCUT2D eigenvalue weighted by Gasteiger charge is 2.35. The molecule has 3 atom stereocenters. The quantitative estimate of drug-likeness (QED) is 0.754. The van der Waals surface area contributed by atoms with Crippen LogP contribution in [0.2, 0.25) is 0 Å². The van der Waals surface area contributed by atoms with E-state index in [9.17, 15) is 9.59 Å². The number of primary amides is 1. The second-order valence-corrected chi connectivity index (χ2v) is 5.66. The predicted octanol–water partition coefficient (Wildman–Crippen LogP) is 0.228. The van der Waals surface area contributed by atoms with Crippen molar-refractivity contribution in [1.29, 1.82) is 0 Å². The molecule has 1 aliphatic heterocycles. The molecule has 0 bridgehead atoms. The van der Waals surface area contributed by atoms with Gasteiger partial charge in [-0.2, -0.15) is 0 Å². The van der Waals surface area contributed by atoms with Crippen molar-refractivity contribution in [2.24, 2.45) is 23.3 Å². The third-order valence-electron chi connectivity index (χ3n) is 4.21. The zero-order valence-corrected chi connectivity index (χ0v) is 10.8. The fraction of sp³-hybridized carbons (Fsp3) is 0.846. The smallest absolute Gasteiger partial charge is 0.227 e. The number of nitrogens with two attached hydrogens (primary N) is 2. The average molecular weight is 253 g/mol. The third-order valence-corrected chi connectivity index (χ3v) is 4.21. The molecule has 4 N–H and O–H groups in total. The summed E-state index contributed by atoms with van der Waals surface area (Å²) in [7, 11) is 0. The number of nitrogens with zero attached hydrogens (tertiary/aromatic N) is 1. The van der Waals surface area contributed by atoms with Crippen molar-refractivity contribution in [3.8, 4) is 0 Å². The van der Waals surface area contributed by atoms with Gasteiger partial charge < -0.3 is 16.4 Å². The molecule has 0 spiro atoms. The van der Waals surface area contributed by atoms with E-state index >= 15 is 0 Å². The van der Waals surface area contributed by atoms with Crippen LogP contribution in [0.4, 0.5) is 0 Å². The van der Waals surface area contributed by atoms with Gasteiger partial charge in [-0.1, -0.05) is 6.42 Å². The van der Waals surface area contributed by atoms with Crippen molar-refractivity contribution < 1.29 is 9.59 Å². The van der Waals surface area contributed by atoms with Gasteiger partial charge in [-0.25, -0.2) is 0 Å². The highest BCUT2D eigenvalue weighted by molar-refractivity contribution is 5.80. The summed E-state index contributed by atoms with van der Waals surface area (Å²) >= 11 is 0. The molecule has 1 saturated heterocycles. The fourth-order valence-corrected chi connectivity index (χ4v) is 3.25. The first-order valence-corrected chi connectivity index (χ1v) is 6.90. The van der Waals surface area contributed by atoms with E-state index in [0.717, 1.165) is 38.6 Å². The van der Waals surface area contributed by atoms with Crippen LogP contribution < -0.4 is 11.5 Å². The lowest BCUT2D eigenvalue weighted by atomic mass is 9.92. The van der Waals surface area contributed by atoms with Crippen molar-refractivity contribution >= 4 is 11.8 Å². The van der Waals surface area contributed by atoms with Crippen LogP contribution in [-0.2, 0) is 9.59 Å². The van der Waals surface area contributed by atoms with Crippen LogP contribution in [0.25, 0.3) is 0 Å². The molecule has 18 heavy (non-hydrogen) atoms. The Morgan fingerprint density at radius 3 is 2.56 bits per heavy atom. The maximum Gasteiger partial charge on any atom is 0.227 e. The Hall–Kier alpha value is -1.10. The van der Waals surface area contributed by atoms with Gasteiger partial charge in [0.15, 0.2) is 0 Å². The standard InChI is InChI=1S/C13H23N3O2/c14-11-5-1-4-10(11)13(18)16-6-2-3-9(8-16)7-12(15)17/h9-11H,1-8,14H2,(H2,15,17). The van der Waals surface area contributed by atoms with Crippen LogP contribution in [0.1, 0.15) is 38.5 Å². The molecule has 2 aliphatic rings. The van der Waals surface area contributed by atoms with Gasteiger partial charge in [-0.3, -0.25) is 9.59 Å². The molecule has 0 radical (unpaired) electrons. The maximum atomic E-state index is 12.4. The Morgan fingerprint density at radius 2 is 1.94 bits per heavy atom. The molecule has 0 aromatic carbocycles. The lowest BCUT2D eigenvalue weighted by Crippen LogP contribution is -2.46. The summed E-state index contributed by atoms with van der Waals surface area (Å²) in [6.07, 6.45) is 5.26. The lowest BCUT2D eigenvalue weighted by molar-refractivity contribution is -0.138. The van der Waals surface area contributed by atoms with Crippen molar-refractivity contribution in [2.75, 3.05) is 13.1 Å². The lowest BCUT2D eigenvalue weighted by Gasteiger charge is -2.34. The average Bonchev–Trinajstić information content (AvgIpc) is 2.74. The number of likely N-dealkylation sites (tertiary alicyclic amines) is 1. The summed E-state index contributed by atoms with van der Waals surface area (Å²) in [6, 6.07) is 0.0222. The van der Waals surface area contributed by atoms with E-state index in [1.165, 1.54) is 0 Å². The molecular formula is C13H23N3O2. The first-order valence-electron chi connectivity index (χ1n) is 6.90. The molecule has 3 unspecified atom stereocenters. The summed E-state index contributed by atoms with van der Waals surface area (Å²) in [5.74, 6) is 0.149. The molecule has 102 valence electrons. The van der Waals surface area contributed by atoms with Crippen molar-refractivity contribution in [2.45, 2.75) is 44.6 Å². The van der Waals surface area contributed by atoms with Crippen molar-refractivity contribution in [1.82, 2.24) is 4.90 Å². The minimum absolute atomic E-state index is 0.00247. The molecule has 5 heteroatoms. The number of rotatable bonds is 3. The van der Waals surface area contributed by atoms with Crippen LogP contribution in [0, 0.1) is 11.8 Å². The number of carbonyl (C=O) groups is 2. The van der Waals surface area contributed by atoms with Crippen molar-refractivity contribution in [3.05, 3.63) is 0 Å². The van der Waals surface area contributed by atoms with Crippen LogP contribution in [0.15, 0.2) is 0 Å². The summed E-state index contributed by atoms with van der Waals surface area (Å²) in [4.78, 5) is 25.2. The molecule has 2 fully saturated rings. The summed E-state index contributed by atoms with van der Waals surface area (Å²) in [6.45, 7) is 1.47. The van der Waals surface area contributed by atoms with Gasteiger partial charge in [0.1, 0.15) is 0 Å². The highest BCUT2D eigenvalue weighted by atomic mass is 16.2. The van der Waals surface area contributed by atoms with Gasteiger partial charge >= 0.3 is 0 Å². The number of amides is 2.